The highest BCUT2D eigenvalue weighted by molar-refractivity contribution is 6.05. The molecular weight excluding hydrogens is 428 g/mol. The molecule has 0 spiro atoms. The van der Waals surface area contributed by atoms with Crippen molar-refractivity contribution < 1.29 is 23.9 Å². The number of benzene rings is 1. The number of piperidine rings is 1. The minimum Gasteiger partial charge on any atom is -0.465 e. The number of nitrogens with one attached hydrogen (secondary N) is 1. The van der Waals surface area contributed by atoms with Gasteiger partial charge in [-0.2, -0.15) is 0 Å². The van der Waals surface area contributed by atoms with E-state index in [-0.39, 0.29) is 18.2 Å². The van der Waals surface area contributed by atoms with E-state index < -0.39 is 17.9 Å². The van der Waals surface area contributed by atoms with Gasteiger partial charge in [-0.05, 0) is 30.2 Å². The summed E-state index contributed by atoms with van der Waals surface area (Å²) in [6.07, 6.45) is 5.12. The molecular formula is C22H18N6O5. The standard InChI is InChI=1S/C22H18N6O5/c1-33-22(32)14-6-7-23-9-16(14)17-11-28(26-25-17)13-3-2-12-10-27(21(31)15(12)8-13)18-4-5-19(29)24-20(18)30/h2-3,6-9,11,18H,4-5,10H2,1H3,(H,24,29,30). The molecule has 5 rings (SSSR count). The van der Waals surface area contributed by atoms with Gasteiger partial charge in [-0.1, -0.05) is 11.3 Å². The number of aromatic nitrogens is 4. The molecule has 3 aromatic rings. The predicted molar refractivity (Wildman–Crippen MR) is 112 cm³/mol. The van der Waals surface area contributed by atoms with Crippen LogP contribution < -0.4 is 5.32 Å². The smallest absolute Gasteiger partial charge is 0.338 e. The number of amides is 3. The largest absolute Gasteiger partial charge is 0.465 e. The monoisotopic (exact) mass is 446 g/mol. The van der Waals surface area contributed by atoms with Crippen LogP contribution in [0.25, 0.3) is 16.9 Å². The van der Waals surface area contributed by atoms with E-state index in [1.165, 1.54) is 35.2 Å². The maximum atomic E-state index is 13.0. The zero-order chi connectivity index (χ0) is 23.1. The van der Waals surface area contributed by atoms with Crippen LogP contribution >= 0.6 is 0 Å². The van der Waals surface area contributed by atoms with E-state index in [9.17, 15) is 19.2 Å². The van der Waals surface area contributed by atoms with Gasteiger partial charge in [0.05, 0.1) is 24.6 Å². The lowest BCUT2D eigenvalue weighted by molar-refractivity contribution is -0.136. The van der Waals surface area contributed by atoms with Crippen molar-refractivity contribution in [1.29, 1.82) is 0 Å². The van der Waals surface area contributed by atoms with Crippen molar-refractivity contribution in [2.24, 2.45) is 0 Å². The van der Waals surface area contributed by atoms with Gasteiger partial charge in [0.1, 0.15) is 11.7 Å². The van der Waals surface area contributed by atoms with Gasteiger partial charge in [-0.25, -0.2) is 9.48 Å². The summed E-state index contributed by atoms with van der Waals surface area (Å²) in [5.41, 5.74) is 3.04. The lowest BCUT2D eigenvalue weighted by Crippen LogP contribution is -2.52. The average molecular weight is 446 g/mol. The second-order valence-corrected chi connectivity index (χ2v) is 7.70. The topological polar surface area (TPSA) is 136 Å². The summed E-state index contributed by atoms with van der Waals surface area (Å²) in [6, 6.07) is 6.15. The number of fused-ring (bicyclic) bond motifs is 1. The van der Waals surface area contributed by atoms with Gasteiger partial charge < -0.3 is 9.64 Å². The molecule has 1 aromatic carbocycles. The Morgan fingerprint density at radius 1 is 1.18 bits per heavy atom. The van der Waals surface area contributed by atoms with Crippen molar-refractivity contribution in [1.82, 2.24) is 30.2 Å². The number of esters is 1. The fourth-order valence-electron chi connectivity index (χ4n) is 4.09. The fraction of sp³-hybridized carbons (Fsp3) is 0.227. The summed E-state index contributed by atoms with van der Waals surface area (Å²) < 4.78 is 6.31. The molecule has 2 aliphatic heterocycles. The number of rotatable bonds is 4. The van der Waals surface area contributed by atoms with E-state index in [4.69, 9.17) is 4.74 Å². The molecule has 11 heteroatoms. The van der Waals surface area contributed by atoms with E-state index in [1.807, 2.05) is 0 Å². The number of carbonyl (C=O) groups excluding carboxylic acids is 4. The highest BCUT2D eigenvalue weighted by Gasteiger charge is 2.39. The molecule has 0 radical (unpaired) electrons. The zero-order valence-corrected chi connectivity index (χ0v) is 17.5. The Hall–Kier alpha value is -4.41. The zero-order valence-electron chi connectivity index (χ0n) is 17.5. The van der Waals surface area contributed by atoms with Gasteiger partial charge in [-0.3, -0.25) is 24.7 Å². The number of carbonyl (C=O) groups is 4. The summed E-state index contributed by atoms with van der Waals surface area (Å²) in [6.45, 7) is 0.293. The Morgan fingerprint density at radius 2 is 2.03 bits per heavy atom. The summed E-state index contributed by atoms with van der Waals surface area (Å²) in [5.74, 6) is -1.57. The first kappa shape index (κ1) is 20.5. The van der Waals surface area contributed by atoms with Gasteiger partial charge in [0.25, 0.3) is 5.91 Å². The minimum absolute atomic E-state index is 0.200. The van der Waals surface area contributed by atoms with Gasteiger partial charge in [0.2, 0.25) is 11.8 Å². The van der Waals surface area contributed by atoms with Crippen molar-refractivity contribution >= 4 is 23.7 Å². The van der Waals surface area contributed by atoms with Crippen LogP contribution in [0.1, 0.15) is 39.1 Å². The Bertz CT molecular complexity index is 1320. The molecule has 0 saturated carbocycles. The first-order chi connectivity index (χ1) is 16.0. The van der Waals surface area contributed by atoms with E-state index >= 15 is 0 Å². The lowest BCUT2D eigenvalue weighted by Gasteiger charge is -2.29. The Kier molecular flexibility index (Phi) is 4.93. The molecule has 1 unspecified atom stereocenters. The van der Waals surface area contributed by atoms with Crippen molar-refractivity contribution in [3.8, 4) is 16.9 Å². The van der Waals surface area contributed by atoms with Crippen molar-refractivity contribution in [2.75, 3.05) is 7.11 Å². The van der Waals surface area contributed by atoms with Crippen LogP contribution in [-0.2, 0) is 20.9 Å². The summed E-state index contributed by atoms with van der Waals surface area (Å²) >= 11 is 0. The van der Waals surface area contributed by atoms with Crippen LogP contribution in [0.2, 0.25) is 0 Å². The first-order valence-corrected chi connectivity index (χ1v) is 10.2. The highest BCUT2D eigenvalue weighted by Crippen LogP contribution is 2.29. The number of ether oxygens (including phenoxy) is 1. The van der Waals surface area contributed by atoms with E-state index in [2.05, 4.69) is 20.6 Å². The number of methoxy groups -OCH3 is 1. The number of nitrogens with zero attached hydrogens (tertiary/aromatic N) is 5. The van der Waals surface area contributed by atoms with Crippen molar-refractivity contribution in [3.63, 3.8) is 0 Å². The molecule has 1 N–H and O–H groups in total. The van der Waals surface area contributed by atoms with Crippen LogP contribution in [0.15, 0.2) is 42.9 Å². The second-order valence-electron chi connectivity index (χ2n) is 7.70. The minimum atomic E-state index is -0.675. The molecule has 1 fully saturated rings. The Balaban J connectivity index is 1.43. The molecule has 1 atom stereocenters. The molecule has 3 amide bonds. The van der Waals surface area contributed by atoms with Gasteiger partial charge >= 0.3 is 5.97 Å². The van der Waals surface area contributed by atoms with E-state index in [0.29, 0.717) is 41.0 Å². The molecule has 11 nitrogen and oxygen atoms in total. The number of hydrogen-bond donors (Lipinski definition) is 1. The first-order valence-electron chi connectivity index (χ1n) is 10.2. The maximum absolute atomic E-state index is 13.0. The normalized spacial score (nSPS) is 17.7. The third kappa shape index (κ3) is 3.53. The highest BCUT2D eigenvalue weighted by atomic mass is 16.5. The van der Waals surface area contributed by atoms with E-state index in [0.717, 1.165) is 5.56 Å². The fourth-order valence-corrected chi connectivity index (χ4v) is 4.09. The number of imide groups is 1. The lowest BCUT2D eigenvalue weighted by atomic mass is 10.0. The van der Waals surface area contributed by atoms with Crippen LogP contribution in [0.4, 0.5) is 0 Å². The Morgan fingerprint density at radius 3 is 2.82 bits per heavy atom. The van der Waals surface area contributed by atoms with Crippen LogP contribution in [-0.4, -0.2) is 61.7 Å². The maximum Gasteiger partial charge on any atom is 0.338 e. The number of pyridine rings is 1. The molecule has 33 heavy (non-hydrogen) atoms. The van der Waals surface area contributed by atoms with E-state index in [1.54, 1.807) is 24.4 Å². The molecule has 2 aliphatic rings. The quantitative estimate of drug-likeness (QED) is 0.461. The van der Waals surface area contributed by atoms with Gasteiger partial charge in [0, 0.05) is 36.5 Å². The summed E-state index contributed by atoms with van der Waals surface area (Å²) in [7, 11) is 1.29. The summed E-state index contributed by atoms with van der Waals surface area (Å²) in [5, 5.41) is 10.6. The van der Waals surface area contributed by atoms with Crippen LogP contribution in [0.5, 0.6) is 0 Å². The molecule has 0 bridgehead atoms. The third-order valence-electron chi connectivity index (χ3n) is 5.77. The number of hydrogen-bond acceptors (Lipinski definition) is 8. The Labute approximate surface area is 187 Å². The van der Waals surface area contributed by atoms with Crippen LogP contribution in [0.3, 0.4) is 0 Å². The summed E-state index contributed by atoms with van der Waals surface area (Å²) in [4.78, 5) is 54.3. The molecule has 0 aliphatic carbocycles. The second kappa shape index (κ2) is 7.93. The van der Waals surface area contributed by atoms with Gasteiger partial charge in [0.15, 0.2) is 0 Å². The van der Waals surface area contributed by atoms with Crippen molar-refractivity contribution in [2.45, 2.75) is 25.4 Å². The third-order valence-corrected chi connectivity index (χ3v) is 5.77. The van der Waals surface area contributed by atoms with Crippen LogP contribution in [0, 0.1) is 0 Å². The molecule has 4 heterocycles. The predicted octanol–water partition coefficient (Wildman–Crippen LogP) is 0.877. The molecule has 1 saturated heterocycles. The SMILES string of the molecule is COC(=O)c1ccncc1-c1cn(-c2ccc3c(c2)C(=O)N(C2CCC(=O)NC2=O)C3)nn1. The van der Waals surface area contributed by atoms with Gasteiger partial charge in [-0.15, -0.1) is 5.10 Å². The van der Waals surface area contributed by atoms with Crippen molar-refractivity contribution in [3.05, 3.63) is 59.5 Å². The molecule has 166 valence electrons. The molecule has 2 aromatic heterocycles. The average Bonchev–Trinajstić information content (AvgIpc) is 3.44.